The first-order chi connectivity index (χ1) is 16.0. The fraction of sp³-hybridized carbons (Fsp3) is 0.217. The number of nitro groups is 1. The van der Waals surface area contributed by atoms with Gasteiger partial charge >= 0.3 is 0 Å². The summed E-state index contributed by atoms with van der Waals surface area (Å²) in [5.74, 6) is 2.21. The van der Waals surface area contributed by atoms with Gasteiger partial charge in [0.2, 0.25) is 11.7 Å². The Labute approximate surface area is 188 Å². The first-order valence-electron chi connectivity index (χ1n) is 10.4. The van der Waals surface area contributed by atoms with Crippen LogP contribution >= 0.6 is 0 Å². The van der Waals surface area contributed by atoms with Gasteiger partial charge in [0.25, 0.3) is 11.6 Å². The number of non-ortho nitro benzene ring substituents is 1. The fourth-order valence-electron chi connectivity index (χ4n) is 3.53. The van der Waals surface area contributed by atoms with Crippen molar-refractivity contribution in [2.45, 2.75) is 25.9 Å². The summed E-state index contributed by atoms with van der Waals surface area (Å²) in [5.41, 5.74) is 1.96. The molecule has 0 saturated carbocycles. The molecule has 0 spiro atoms. The summed E-state index contributed by atoms with van der Waals surface area (Å²) in [6.45, 7) is 2.51. The zero-order chi connectivity index (χ0) is 22.8. The molecule has 1 aliphatic rings. The first-order valence-corrected chi connectivity index (χ1v) is 10.4. The standard InChI is InChI=1S/C23H19N5O5/c1-14-12-20(25-21(24-14)16-4-2-5-17(13-16)28(29)30)32-18-9-7-15(8-10-18)22-26-23(33-27-22)19-6-3-11-31-19/h2,4-5,7-10,12-13,19H,3,6,11H2,1H3. The van der Waals surface area contributed by atoms with E-state index >= 15 is 0 Å². The van der Waals surface area contributed by atoms with Crippen molar-refractivity contribution in [3.63, 3.8) is 0 Å². The minimum absolute atomic E-state index is 0.0280. The van der Waals surface area contributed by atoms with Crippen LogP contribution in [0.15, 0.2) is 59.1 Å². The Bertz CT molecular complexity index is 1300. The van der Waals surface area contributed by atoms with Crippen LogP contribution in [0.1, 0.15) is 30.5 Å². The largest absolute Gasteiger partial charge is 0.439 e. The number of aryl methyl sites for hydroxylation is 1. The van der Waals surface area contributed by atoms with Gasteiger partial charge in [-0.25, -0.2) is 4.98 Å². The second kappa shape index (κ2) is 8.75. The Balaban J connectivity index is 1.34. The van der Waals surface area contributed by atoms with Gasteiger partial charge in [-0.2, -0.15) is 9.97 Å². The van der Waals surface area contributed by atoms with Crippen LogP contribution in [0.2, 0.25) is 0 Å². The van der Waals surface area contributed by atoms with Gasteiger partial charge in [0, 0.05) is 41.6 Å². The molecule has 1 aliphatic heterocycles. The second-order valence-electron chi connectivity index (χ2n) is 7.56. The maximum Gasteiger partial charge on any atom is 0.270 e. The summed E-state index contributed by atoms with van der Waals surface area (Å²) in [4.78, 5) is 23.9. The highest BCUT2D eigenvalue weighted by atomic mass is 16.6. The van der Waals surface area contributed by atoms with Crippen LogP contribution in [-0.2, 0) is 4.74 Å². The summed E-state index contributed by atoms with van der Waals surface area (Å²) in [6.07, 6.45) is 1.74. The van der Waals surface area contributed by atoms with Crippen molar-refractivity contribution in [3.8, 4) is 34.4 Å². The maximum atomic E-state index is 11.1. The molecule has 0 amide bonds. The minimum atomic E-state index is -0.453. The van der Waals surface area contributed by atoms with Crippen molar-refractivity contribution in [2.24, 2.45) is 0 Å². The molecular weight excluding hydrogens is 426 g/mol. The molecule has 1 saturated heterocycles. The van der Waals surface area contributed by atoms with Crippen LogP contribution < -0.4 is 4.74 Å². The van der Waals surface area contributed by atoms with E-state index in [2.05, 4.69) is 20.1 Å². The molecule has 5 rings (SSSR count). The number of hydrogen-bond acceptors (Lipinski definition) is 9. The number of aromatic nitrogens is 4. The van der Waals surface area contributed by atoms with Crippen LogP contribution in [0, 0.1) is 17.0 Å². The van der Waals surface area contributed by atoms with Gasteiger partial charge in [-0.3, -0.25) is 10.1 Å². The average molecular weight is 445 g/mol. The van der Waals surface area contributed by atoms with E-state index in [1.54, 1.807) is 37.3 Å². The van der Waals surface area contributed by atoms with E-state index in [0.29, 0.717) is 47.0 Å². The van der Waals surface area contributed by atoms with Gasteiger partial charge in [-0.05, 0) is 44.0 Å². The van der Waals surface area contributed by atoms with Gasteiger partial charge in [0.05, 0.1) is 4.92 Å². The Morgan fingerprint density at radius 3 is 2.64 bits per heavy atom. The summed E-state index contributed by atoms with van der Waals surface area (Å²) >= 11 is 0. The normalized spacial score (nSPS) is 15.5. The number of nitro benzene ring substituents is 1. The highest BCUT2D eigenvalue weighted by Gasteiger charge is 2.24. The smallest absolute Gasteiger partial charge is 0.270 e. The van der Waals surface area contributed by atoms with Crippen molar-refractivity contribution in [3.05, 3.63) is 76.3 Å². The summed E-state index contributed by atoms with van der Waals surface area (Å²) in [6, 6.07) is 15.1. The van der Waals surface area contributed by atoms with Crippen molar-refractivity contribution < 1.29 is 18.9 Å². The molecule has 10 nitrogen and oxygen atoms in total. The lowest BCUT2D eigenvalue weighted by Crippen LogP contribution is -1.97. The van der Waals surface area contributed by atoms with E-state index in [1.807, 2.05) is 12.1 Å². The molecule has 4 aromatic rings. The van der Waals surface area contributed by atoms with E-state index in [0.717, 1.165) is 18.4 Å². The van der Waals surface area contributed by atoms with Gasteiger partial charge in [0.15, 0.2) is 5.82 Å². The molecule has 0 radical (unpaired) electrons. The van der Waals surface area contributed by atoms with Gasteiger partial charge in [-0.15, -0.1) is 0 Å². The Kier molecular flexibility index (Phi) is 5.49. The molecule has 3 heterocycles. The van der Waals surface area contributed by atoms with E-state index in [-0.39, 0.29) is 11.8 Å². The molecule has 1 atom stereocenters. The molecule has 1 unspecified atom stereocenters. The predicted molar refractivity (Wildman–Crippen MR) is 117 cm³/mol. The summed E-state index contributed by atoms with van der Waals surface area (Å²) in [5, 5.41) is 15.1. The van der Waals surface area contributed by atoms with E-state index in [4.69, 9.17) is 14.0 Å². The van der Waals surface area contributed by atoms with Crippen molar-refractivity contribution >= 4 is 5.69 Å². The minimum Gasteiger partial charge on any atom is -0.439 e. The summed E-state index contributed by atoms with van der Waals surface area (Å²) < 4.78 is 16.8. The Morgan fingerprint density at radius 1 is 1.03 bits per heavy atom. The molecule has 0 aliphatic carbocycles. The molecular formula is C23H19N5O5. The lowest BCUT2D eigenvalue weighted by molar-refractivity contribution is -0.384. The van der Waals surface area contributed by atoms with Crippen LogP contribution in [0.25, 0.3) is 22.8 Å². The second-order valence-corrected chi connectivity index (χ2v) is 7.56. The maximum absolute atomic E-state index is 11.1. The Morgan fingerprint density at radius 2 is 1.88 bits per heavy atom. The number of rotatable bonds is 6. The van der Waals surface area contributed by atoms with Crippen LogP contribution in [0.5, 0.6) is 11.6 Å². The van der Waals surface area contributed by atoms with Crippen LogP contribution in [-0.4, -0.2) is 31.6 Å². The number of benzene rings is 2. The lowest BCUT2D eigenvalue weighted by Gasteiger charge is -2.08. The molecule has 33 heavy (non-hydrogen) atoms. The highest BCUT2D eigenvalue weighted by molar-refractivity contribution is 5.60. The number of hydrogen-bond donors (Lipinski definition) is 0. The van der Waals surface area contributed by atoms with E-state index < -0.39 is 4.92 Å². The highest BCUT2D eigenvalue weighted by Crippen LogP contribution is 2.30. The zero-order valence-electron chi connectivity index (χ0n) is 17.7. The zero-order valence-corrected chi connectivity index (χ0v) is 17.7. The predicted octanol–water partition coefficient (Wildman–Crippen LogP) is 5.05. The van der Waals surface area contributed by atoms with Crippen LogP contribution in [0.3, 0.4) is 0 Å². The quantitative estimate of drug-likeness (QED) is 0.296. The third kappa shape index (κ3) is 4.55. The molecule has 166 valence electrons. The molecule has 0 bridgehead atoms. The fourth-order valence-corrected chi connectivity index (χ4v) is 3.53. The third-order valence-electron chi connectivity index (χ3n) is 5.13. The van der Waals surface area contributed by atoms with Crippen molar-refractivity contribution in [1.82, 2.24) is 20.1 Å². The van der Waals surface area contributed by atoms with E-state index in [1.165, 1.54) is 12.1 Å². The molecule has 2 aromatic heterocycles. The first kappa shape index (κ1) is 20.7. The van der Waals surface area contributed by atoms with Crippen molar-refractivity contribution in [1.29, 1.82) is 0 Å². The van der Waals surface area contributed by atoms with Crippen molar-refractivity contribution in [2.75, 3.05) is 6.61 Å². The number of nitrogens with zero attached hydrogens (tertiary/aromatic N) is 5. The topological polar surface area (TPSA) is 126 Å². The Hall–Kier alpha value is -4.18. The van der Waals surface area contributed by atoms with Gasteiger partial charge in [-0.1, -0.05) is 17.3 Å². The van der Waals surface area contributed by atoms with Crippen LogP contribution in [0.4, 0.5) is 5.69 Å². The van der Waals surface area contributed by atoms with Gasteiger partial charge < -0.3 is 14.0 Å². The third-order valence-corrected chi connectivity index (χ3v) is 5.13. The monoisotopic (exact) mass is 445 g/mol. The lowest BCUT2D eigenvalue weighted by atomic mass is 10.2. The average Bonchev–Trinajstić information content (AvgIpc) is 3.52. The summed E-state index contributed by atoms with van der Waals surface area (Å²) in [7, 11) is 0. The SMILES string of the molecule is Cc1cc(Oc2ccc(-c3noc(C4CCCO4)n3)cc2)nc(-c2cccc([N+](=O)[O-])c2)n1. The molecule has 0 N–H and O–H groups in total. The molecule has 2 aromatic carbocycles. The molecule has 1 fully saturated rings. The van der Waals surface area contributed by atoms with E-state index in [9.17, 15) is 10.1 Å². The molecule has 10 heteroatoms. The number of ether oxygens (including phenoxy) is 2. The van der Waals surface area contributed by atoms with Gasteiger partial charge in [0.1, 0.15) is 11.9 Å².